The summed E-state index contributed by atoms with van der Waals surface area (Å²) in [6.07, 6.45) is 5.27. The maximum atomic E-state index is 12.2. The van der Waals surface area contributed by atoms with Gasteiger partial charge in [-0.15, -0.1) is 0 Å². The number of nitrogens with one attached hydrogen (secondary N) is 3. The lowest BCUT2D eigenvalue weighted by Gasteiger charge is -2.21. The summed E-state index contributed by atoms with van der Waals surface area (Å²) in [5, 5.41) is 8.56. The van der Waals surface area contributed by atoms with E-state index in [2.05, 4.69) is 16.0 Å². The maximum absolute atomic E-state index is 12.2. The third kappa shape index (κ3) is 6.40. The van der Waals surface area contributed by atoms with E-state index in [0.717, 1.165) is 25.7 Å². The summed E-state index contributed by atoms with van der Waals surface area (Å²) in [6, 6.07) is 3.98. The van der Waals surface area contributed by atoms with Crippen LogP contribution in [0.5, 0.6) is 0 Å². The predicted octanol–water partition coefficient (Wildman–Crippen LogP) is 2.92. The Labute approximate surface area is 169 Å². The van der Waals surface area contributed by atoms with Gasteiger partial charge in [-0.25, -0.2) is 0 Å². The predicted molar refractivity (Wildman–Crippen MR) is 106 cm³/mol. The number of carbonyl (C=O) groups is 3. The topological polar surface area (TPSA) is 87.3 Å². The normalized spacial score (nSPS) is 15.7. The molecule has 8 heteroatoms. The highest BCUT2D eigenvalue weighted by molar-refractivity contribution is 6.43. The molecule has 0 spiro atoms. The van der Waals surface area contributed by atoms with Crippen LogP contribution < -0.4 is 16.0 Å². The molecule has 6 nitrogen and oxygen atoms in total. The Bertz CT molecular complexity index is 691. The SMILES string of the molecule is CC(NC(=O)c1cccc(Cl)c1Cl)C(=O)NCCNC(=O)C1CCCCC1. The Hall–Kier alpha value is -1.79. The summed E-state index contributed by atoms with van der Waals surface area (Å²) in [6.45, 7) is 2.24. The molecule has 148 valence electrons. The lowest BCUT2D eigenvalue weighted by molar-refractivity contribution is -0.126. The third-order valence-electron chi connectivity index (χ3n) is 4.64. The van der Waals surface area contributed by atoms with Gasteiger partial charge in [-0.05, 0) is 31.9 Å². The van der Waals surface area contributed by atoms with Crippen molar-refractivity contribution >= 4 is 40.9 Å². The van der Waals surface area contributed by atoms with E-state index in [4.69, 9.17) is 23.2 Å². The first-order valence-corrected chi connectivity index (χ1v) is 9.96. The van der Waals surface area contributed by atoms with Crippen molar-refractivity contribution in [2.75, 3.05) is 13.1 Å². The van der Waals surface area contributed by atoms with Gasteiger partial charge in [-0.1, -0.05) is 48.5 Å². The molecule has 3 amide bonds. The molecule has 1 aromatic rings. The van der Waals surface area contributed by atoms with Gasteiger partial charge >= 0.3 is 0 Å². The first-order valence-electron chi connectivity index (χ1n) is 9.20. The van der Waals surface area contributed by atoms with Crippen LogP contribution in [0.1, 0.15) is 49.4 Å². The van der Waals surface area contributed by atoms with Crippen LogP contribution in [0.2, 0.25) is 10.0 Å². The highest BCUT2D eigenvalue weighted by Crippen LogP contribution is 2.25. The van der Waals surface area contributed by atoms with Crippen molar-refractivity contribution in [2.24, 2.45) is 5.92 Å². The van der Waals surface area contributed by atoms with Crippen LogP contribution in [0, 0.1) is 5.92 Å². The highest BCUT2D eigenvalue weighted by Gasteiger charge is 2.21. The molecule has 1 aliphatic carbocycles. The number of benzene rings is 1. The zero-order valence-corrected chi connectivity index (χ0v) is 16.8. The van der Waals surface area contributed by atoms with E-state index >= 15 is 0 Å². The zero-order chi connectivity index (χ0) is 19.8. The van der Waals surface area contributed by atoms with Crippen LogP contribution in [-0.2, 0) is 9.59 Å². The number of amides is 3. The minimum Gasteiger partial charge on any atom is -0.354 e. The van der Waals surface area contributed by atoms with Gasteiger partial charge in [-0.2, -0.15) is 0 Å². The lowest BCUT2D eigenvalue weighted by atomic mass is 9.89. The minimum absolute atomic E-state index is 0.0564. The average Bonchev–Trinajstić information content (AvgIpc) is 2.67. The zero-order valence-electron chi connectivity index (χ0n) is 15.3. The highest BCUT2D eigenvalue weighted by atomic mass is 35.5. The molecule has 1 aromatic carbocycles. The van der Waals surface area contributed by atoms with Crippen LogP contribution in [0.15, 0.2) is 18.2 Å². The summed E-state index contributed by atoms with van der Waals surface area (Å²) in [5.74, 6) is -0.667. The molecule has 1 atom stereocenters. The van der Waals surface area contributed by atoms with Crippen LogP contribution in [0.4, 0.5) is 0 Å². The van der Waals surface area contributed by atoms with Gasteiger partial charge < -0.3 is 16.0 Å². The summed E-state index contributed by atoms with van der Waals surface area (Å²) >= 11 is 11.9. The van der Waals surface area contributed by atoms with Crippen molar-refractivity contribution < 1.29 is 14.4 Å². The molecule has 3 N–H and O–H groups in total. The first kappa shape index (κ1) is 21.5. The maximum Gasteiger partial charge on any atom is 0.253 e. The molecule has 0 aliphatic heterocycles. The number of rotatable bonds is 7. The van der Waals surface area contributed by atoms with Crippen LogP contribution in [-0.4, -0.2) is 36.9 Å². The Morgan fingerprint density at radius 1 is 1.07 bits per heavy atom. The molecule has 1 saturated carbocycles. The molecule has 0 radical (unpaired) electrons. The van der Waals surface area contributed by atoms with Crippen molar-refractivity contribution in [3.63, 3.8) is 0 Å². The smallest absolute Gasteiger partial charge is 0.253 e. The summed E-state index contributed by atoms with van der Waals surface area (Å²) < 4.78 is 0. The number of halogens is 2. The van der Waals surface area contributed by atoms with Crippen molar-refractivity contribution in [1.29, 1.82) is 0 Å². The van der Waals surface area contributed by atoms with E-state index in [1.54, 1.807) is 19.1 Å². The summed E-state index contributed by atoms with van der Waals surface area (Å²) in [7, 11) is 0. The van der Waals surface area contributed by atoms with Gasteiger partial charge in [0.25, 0.3) is 5.91 Å². The second kappa shape index (κ2) is 10.5. The summed E-state index contributed by atoms with van der Waals surface area (Å²) in [4.78, 5) is 36.4. The number of carbonyl (C=O) groups excluding carboxylic acids is 3. The molecule has 0 heterocycles. The Kier molecular flexibility index (Phi) is 8.38. The summed E-state index contributed by atoms with van der Waals surface area (Å²) in [5.41, 5.74) is 0.212. The van der Waals surface area contributed by atoms with Crippen LogP contribution in [0.25, 0.3) is 0 Å². The molecule has 1 unspecified atom stereocenters. The van der Waals surface area contributed by atoms with E-state index in [0.29, 0.717) is 13.1 Å². The van der Waals surface area contributed by atoms with E-state index < -0.39 is 11.9 Å². The van der Waals surface area contributed by atoms with Gasteiger partial charge in [0.2, 0.25) is 11.8 Å². The molecule has 1 fully saturated rings. The van der Waals surface area contributed by atoms with E-state index in [1.807, 2.05) is 0 Å². The third-order valence-corrected chi connectivity index (χ3v) is 5.46. The van der Waals surface area contributed by atoms with Crippen molar-refractivity contribution in [1.82, 2.24) is 16.0 Å². The molecule has 0 saturated heterocycles. The van der Waals surface area contributed by atoms with E-state index in [1.165, 1.54) is 12.5 Å². The van der Waals surface area contributed by atoms with Crippen LogP contribution >= 0.6 is 23.2 Å². The molecule has 27 heavy (non-hydrogen) atoms. The Morgan fingerprint density at radius 2 is 1.74 bits per heavy atom. The number of hydrogen-bond donors (Lipinski definition) is 3. The van der Waals surface area contributed by atoms with Gasteiger partial charge in [0, 0.05) is 19.0 Å². The monoisotopic (exact) mass is 413 g/mol. The fraction of sp³-hybridized carbons (Fsp3) is 0.526. The standard InChI is InChI=1S/C19H25Cl2N3O3/c1-12(24-19(27)14-8-5-9-15(20)16(14)21)17(25)22-10-11-23-18(26)13-6-3-2-4-7-13/h5,8-9,12-13H,2-4,6-7,10-11H2,1H3,(H,22,25)(H,23,26)(H,24,27). The molecule has 2 rings (SSSR count). The van der Waals surface area contributed by atoms with Crippen molar-refractivity contribution in [3.05, 3.63) is 33.8 Å². The molecule has 0 bridgehead atoms. The fourth-order valence-electron chi connectivity index (χ4n) is 3.05. The second-order valence-corrected chi connectivity index (χ2v) is 7.50. The largest absolute Gasteiger partial charge is 0.354 e. The van der Waals surface area contributed by atoms with Gasteiger partial charge in [0.15, 0.2) is 0 Å². The average molecular weight is 414 g/mol. The van der Waals surface area contributed by atoms with Crippen molar-refractivity contribution in [2.45, 2.75) is 45.1 Å². The fourth-order valence-corrected chi connectivity index (χ4v) is 3.44. The second-order valence-electron chi connectivity index (χ2n) is 6.71. The molecular weight excluding hydrogens is 389 g/mol. The Balaban J connectivity index is 1.71. The molecule has 0 aromatic heterocycles. The van der Waals surface area contributed by atoms with Crippen molar-refractivity contribution in [3.8, 4) is 0 Å². The van der Waals surface area contributed by atoms with Gasteiger partial charge in [0.05, 0.1) is 15.6 Å². The van der Waals surface area contributed by atoms with Crippen LogP contribution in [0.3, 0.4) is 0 Å². The first-order chi connectivity index (χ1) is 12.9. The van der Waals surface area contributed by atoms with E-state index in [-0.39, 0.29) is 33.3 Å². The number of hydrogen-bond acceptors (Lipinski definition) is 3. The van der Waals surface area contributed by atoms with Gasteiger partial charge in [-0.3, -0.25) is 14.4 Å². The lowest BCUT2D eigenvalue weighted by Crippen LogP contribution is -2.47. The van der Waals surface area contributed by atoms with E-state index in [9.17, 15) is 14.4 Å². The Morgan fingerprint density at radius 3 is 2.44 bits per heavy atom. The van der Waals surface area contributed by atoms with Gasteiger partial charge in [0.1, 0.15) is 6.04 Å². The molecular formula is C19H25Cl2N3O3. The molecule has 1 aliphatic rings. The minimum atomic E-state index is -0.749. The quantitative estimate of drug-likeness (QED) is 0.600.